The van der Waals surface area contributed by atoms with Crippen molar-refractivity contribution < 1.29 is 14.6 Å². The Bertz CT molecular complexity index is 522. The molecule has 0 bridgehead atoms. The molecule has 1 N–H and O–H groups in total. The summed E-state index contributed by atoms with van der Waals surface area (Å²) in [7, 11) is 0. The van der Waals surface area contributed by atoms with E-state index >= 15 is 0 Å². The molecule has 0 aliphatic carbocycles. The molecule has 1 unspecified atom stereocenters. The Morgan fingerprint density at radius 2 is 2.42 bits per heavy atom. The number of aromatic carboxylic acids is 1. The number of hydrogen-bond acceptors (Lipinski definition) is 4. The number of carboxylic acid groups (broad SMARTS) is 1. The molecule has 5 nitrogen and oxygen atoms in total. The van der Waals surface area contributed by atoms with Crippen LogP contribution >= 0.6 is 0 Å². The van der Waals surface area contributed by atoms with Gasteiger partial charge in [-0.3, -0.25) is 0 Å². The van der Waals surface area contributed by atoms with Crippen LogP contribution in [0.25, 0.3) is 0 Å². The van der Waals surface area contributed by atoms with Gasteiger partial charge in [0, 0.05) is 13.1 Å². The summed E-state index contributed by atoms with van der Waals surface area (Å²) >= 11 is 0. The number of morpholine rings is 1. The van der Waals surface area contributed by atoms with Crippen molar-refractivity contribution in [2.75, 3.05) is 24.6 Å². The van der Waals surface area contributed by atoms with Gasteiger partial charge in [-0.2, -0.15) is 5.26 Å². The zero-order chi connectivity index (χ0) is 13.8. The van der Waals surface area contributed by atoms with Crippen LogP contribution in [0.3, 0.4) is 0 Å². The highest BCUT2D eigenvalue weighted by molar-refractivity contribution is 5.89. The number of rotatable bonds is 3. The van der Waals surface area contributed by atoms with Crippen LogP contribution in [0.2, 0.25) is 0 Å². The molecule has 2 rings (SSSR count). The van der Waals surface area contributed by atoms with Gasteiger partial charge >= 0.3 is 5.97 Å². The van der Waals surface area contributed by atoms with Crippen molar-refractivity contribution in [2.24, 2.45) is 0 Å². The summed E-state index contributed by atoms with van der Waals surface area (Å²) in [5, 5.41) is 18.1. The fraction of sp³-hybridized carbons (Fsp3) is 0.429. The first-order valence-electron chi connectivity index (χ1n) is 6.29. The monoisotopic (exact) mass is 260 g/mol. The van der Waals surface area contributed by atoms with Crippen molar-refractivity contribution in [2.45, 2.75) is 19.4 Å². The van der Waals surface area contributed by atoms with Crippen molar-refractivity contribution in [3.63, 3.8) is 0 Å². The number of carboxylic acids is 1. The Kier molecular flexibility index (Phi) is 4.03. The van der Waals surface area contributed by atoms with E-state index in [1.54, 1.807) is 6.07 Å². The molecular formula is C14H16N2O3. The third-order valence-electron chi connectivity index (χ3n) is 3.30. The first-order chi connectivity index (χ1) is 9.15. The van der Waals surface area contributed by atoms with Crippen LogP contribution in [0.4, 0.5) is 5.69 Å². The predicted molar refractivity (Wildman–Crippen MR) is 70.4 cm³/mol. The second kappa shape index (κ2) is 5.72. The molecule has 1 saturated heterocycles. The average Bonchev–Trinajstić information content (AvgIpc) is 2.46. The Labute approximate surface area is 112 Å². The highest BCUT2D eigenvalue weighted by Gasteiger charge is 2.21. The summed E-state index contributed by atoms with van der Waals surface area (Å²) < 4.78 is 5.60. The number of carbonyl (C=O) groups is 1. The zero-order valence-electron chi connectivity index (χ0n) is 10.8. The highest BCUT2D eigenvalue weighted by Crippen LogP contribution is 2.24. The zero-order valence-corrected chi connectivity index (χ0v) is 10.8. The molecule has 0 aromatic heterocycles. The minimum absolute atomic E-state index is 0.139. The van der Waals surface area contributed by atoms with E-state index in [1.165, 1.54) is 12.1 Å². The van der Waals surface area contributed by atoms with Crippen LogP contribution in [0.1, 0.15) is 29.3 Å². The van der Waals surface area contributed by atoms with Gasteiger partial charge in [-0.1, -0.05) is 6.92 Å². The van der Waals surface area contributed by atoms with E-state index in [0.29, 0.717) is 12.2 Å². The lowest BCUT2D eigenvalue weighted by molar-refractivity contribution is 0.0384. The number of nitrogens with zero attached hydrogens (tertiary/aromatic N) is 2. The summed E-state index contributed by atoms with van der Waals surface area (Å²) in [6, 6.07) is 6.74. The molecule has 1 aromatic rings. The fourth-order valence-corrected chi connectivity index (χ4v) is 2.22. The van der Waals surface area contributed by atoms with Crippen LogP contribution in [0.5, 0.6) is 0 Å². The minimum atomic E-state index is -1.02. The van der Waals surface area contributed by atoms with E-state index < -0.39 is 5.97 Å². The van der Waals surface area contributed by atoms with Gasteiger partial charge in [0.1, 0.15) is 6.07 Å². The second-order valence-electron chi connectivity index (χ2n) is 4.50. The topological polar surface area (TPSA) is 73.6 Å². The van der Waals surface area contributed by atoms with E-state index in [9.17, 15) is 10.1 Å². The summed E-state index contributed by atoms with van der Waals surface area (Å²) in [6.45, 7) is 4.14. The molecule has 5 heteroatoms. The predicted octanol–water partition coefficient (Wildman–Crippen LogP) is 1.87. The van der Waals surface area contributed by atoms with Gasteiger partial charge in [0.05, 0.1) is 29.5 Å². The lowest BCUT2D eigenvalue weighted by atomic mass is 10.1. The van der Waals surface area contributed by atoms with Crippen LogP contribution in [-0.2, 0) is 4.74 Å². The van der Waals surface area contributed by atoms with Gasteiger partial charge in [-0.15, -0.1) is 0 Å². The quantitative estimate of drug-likeness (QED) is 0.898. The number of benzene rings is 1. The molecule has 0 radical (unpaired) electrons. The highest BCUT2D eigenvalue weighted by atomic mass is 16.5. The van der Waals surface area contributed by atoms with Crippen molar-refractivity contribution in [1.29, 1.82) is 5.26 Å². The molecule has 1 heterocycles. The largest absolute Gasteiger partial charge is 0.478 e. The van der Waals surface area contributed by atoms with E-state index in [2.05, 4.69) is 17.9 Å². The molecule has 1 aliphatic rings. The van der Waals surface area contributed by atoms with Crippen molar-refractivity contribution >= 4 is 11.7 Å². The van der Waals surface area contributed by atoms with Crippen molar-refractivity contribution in [3.8, 4) is 6.07 Å². The van der Waals surface area contributed by atoms with Crippen LogP contribution in [0.15, 0.2) is 18.2 Å². The van der Waals surface area contributed by atoms with Crippen molar-refractivity contribution in [1.82, 2.24) is 0 Å². The molecule has 19 heavy (non-hydrogen) atoms. The third-order valence-corrected chi connectivity index (χ3v) is 3.30. The standard InChI is InChI=1S/C14H16N2O3/c1-2-12-9-16(5-6-19-12)13-4-3-10(14(17)18)7-11(13)8-15/h3-4,7,12H,2,5-6,9H2,1H3,(H,17,18). The number of ether oxygens (including phenoxy) is 1. The first-order valence-corrected chi connectivity index (χ1v) is 6.29. The minimum Gasteiger partial charge on any atom is -0.478 e. The van der Waals surface area contributed by atoms with Crippen LogP contribution in [-0.4, -0.2) is 36.9 Å². The van der Waals surface area contributed by atoms with Crippen LogP contribution in [0, 0.1) is 11.3 Å². The summed E-state index contributed by atoms with van der Waals surface area (Å²) in [6.07, 6.45) is 1.09. The summed E-state index contributed by atoms with van der Waals surface area (Å²) in [5.41, 5.74) is 1.33. The Balaban J connectivity index is 2.29. The number of hydrogen-bond donors (Lipinski definition) is 1. The number of anilines is 1. The maximum absolute atomic E-state index is 10.9. The number of nitriles is 1. The van der Waals surface area contributed by atoms with Gasteiger partial charge < -0.3 is 14.7 Å². The van der Waals surface area contributed by atoms with Gasteiger partial charge in [0.2, 0.25) is 0 Å². The third kappa shape index (κ3) is 2.85. The molecule has 1 aliphatic heterocycles. The van der Waals surface area contributed by atoms with Crippen molar-refractivity contribution in [3.05, 3.63) is 29.3 Å². The van der Waals surface area contributed by atoms with E-state index in [1.807, 2.05) is 0 Å². The maximum atomic E-state index is 10.9. The Hall–Kier alpha value is -2.06. The van der Waals surface area contributed by atoms with E-state index in [-0.39, 0.29) is 11.7 Å². The molecule has 100 valence electrons. The van der Waals surface area contributed by atoms with Gasteiger partial charge in [-0.05, 0) is 24.6 Å². The molecule has 0 saturated carbocycles. The Morgan fingerprint density at radius 3 is 3.05 bits per heavy atom. The maximum Gasteiger partial charge on any atom is 0.335 e. The lowest BCUT2D eigenvalue weighted by Gasteiger charge is -2.34. The molecule has 1 aromatic carbocycles. The molecular weight excluding hydrogens is 244 g/mol. The SMILES string of the molecule is CCC1CN(c2ccc(C(=O)O)cc2C#N)CCO1. The van der Waals surface area contributed by atoms with Gasteiger partial charge in [0.25, 0.3) is 0 Å². The molecule has 1 atom stereocenters. The summed E-state index contributed by atoms with van der Waals surface area (Å²) in [4.78, 5) is 13.0. The fourth-order valence-electron chi connectivity index (χ4n) is 2.22. The van der Waals surface area contributed by atoms with E-state index in [4.69, 9.17) is 9.84 Å². The lowest BCUT2D eigenvalue weighted by Crippen LogP contribution is -2.42. The molecule has 0 amide bonds. The average molecular weight is 260 g/mol. The smallest absolute Gasteiger partial charge is 0.335 e. The Morgan fingerprint density at radius 1 is 1.63 bits per heavy atom. The summed E-state index contributed by atoms with van der Waals surface area (Å²) in [5.74, 6) is -1.02. The second-order valence-corrected chi connectivity index (χ2v) is 4.50. The normalized spacial score (nSPS) is 18.9. The van der Waals surface area contributed by atoms with E-state index in [0.717, 1.165) is 25.2 Å². The molecule has 0 spiro atoms. The van der Waals surface area contributed by atoms with Gasteiger partial charge in [0.15, 0.2) is 0 Å². The molecule has 1 fully saturated rings. The van der Waals surface area contributed by atoms with Gasteiger partial charge in [-0.25, -0.2) is 4.79 Å². The van der Waals surface area contributed by atoms with Crippen LogP contribution < -0.4 is 4.90 Å². The first kappa shape index (κ1) is 13.4.